The van der Waals surface area contributed by atoms with E-state index in [2.05, 4.69) is 27.3 Å². The Kier molecular flexibility index (Phi) is 10.8. The molecule has 9 nitrogen and oxygen atoms in total. The molecule has 264 valence electrons. The molecule has 2 aromatic carbocycles. The number of benzene rings is 2. The van der Waals surface area contributed by atoms with Gasteiger partial charge in [-0.3, -0.25) is 9.69 Å². The number of methoxy groups -OCH3 is 1. The van der Waals surface area contributed by atoms with E-state index in [0.29, 0.717) is 37.7 Å². The Labute approximate surface area is 289 Å². The van der Waals surface area contributed by atoms with Gasteiger partial charge in [-0.25, -0.2) is 13.6 Å². The van der Waals surface area contributed by atoms with Crippen molar-refractivity contribution in [2.24, 2.45) is 17.8 Å². The Morgan fingerprint density at radius 1 is 1.06 bits per heavy atom. The SMILES string of the molecule is COC(=O)N[C@H]1CCC[C@@H]1[C@](CN(C)C(C)=O)(c1cccc(F)c1)C1CCN(CC2CN(c3ccc(C#N)c(CN4CC(F)C4)c3)C2)CC1. The number of ether oxygens (including phenoxy) is 1. The topological polar surface area (TPSA) is 92.1 Å². The molecule has 49 heavy (non-hydrogen) atoms. The molecular formula is C38H50F2N6O3. The van der Waals surface area contributed by atoms with Crippen LogP contribution in [0.15, 0.2) is 42.5 Å². The fourth-order valence-corrected chi connectivity index (χ4v) is 9.12. The number of nitriles is 1. The van der Waals surface area contributed by atoms with Crippen LogP contribution in [0.4, 0.5) is 19.3 Å². The minimum absolute atomic E-state index is 0.0174. The van der Waals surface area contributed by atoms with Crippen molar-refractivity contribution < 1.29 is 23.1 Å². The van der Waals surface area contributed by atoms with E-state index in [1.807, 2.05) is 30.1 Å². The number of nitrogens with zero attached hydrogens (tertiary/aromatic N) is 5. The normalized spacial score (nSPS) is 23.6. The minimum atomic E-state index is -0.766. The molecule has 6 rings (SSSR count). The molecule has 0 unspecified atom stereocenters. The summed E-state index contributed by atoms with van der Waals surface area (Å²) in [5.74, 6) is 0.401. The molecule has 1 N–H and O–H groups in total. The molecule has 1 saturated carbocycles. The van der Waals surface area contributed by atoms with Gasteiger partial charge in [-0.2, -0.15) is 5.26 Å². The van der Waals surface area contributed by atoms with Crippen LogP contribution >= 0.6 is 0 Å². The molecule has 3 aliphatic heterocycles. The molecule has 4 fully saturated rings. The first-order chi connectivity index (χ1) is 23.6. The molecule has 1 aliphatic carbocycles. The fourth-order valence-electron chi connectivity index (χ4n) is 9.12. The summed E-state index contributed by atoms with van der Waals surface area (Å²) >= 11 is 0. The standard InChI is InChI=1S/C38H50F2N6O3/c1-26(47)43(2)25-38(31-6-4-7-32(39)17-31,35-8-5-9-36(35)42-37(48)49-3)30-12-14-44(15-13-30)19-27-20-46(21-27)34-11-10-28(18-41)29(16-34)22-45-23-33(40)24-45/h4,6-7,10-11,16-17,27,30,33,35-36H,5,8-9,12-15,19-25H2,1-3H3,(H,42,48)/t35-,36-,38-/m0/s1. The number of rotatable bonds is 11. The number of carbonyl (C=O) groups excluding carboxylic acids is 2. The molecule has 0 aromatic heterocycles. The van der Waals surface area contributed by atoms with Crippen LogP contribution < -0.4 is 10.2 Å². The number of nitrogens with one attached hydrogen (secondary N) is 1. The summed E-state index contributed by atoms with van der Waals surface area (Å²) in [4.78, 5) is 33.9. The summed E-state index contributed by atoms with van der Waals surface area (Å²) in [6.45, 7) is 8.20. The number of alkyl halides is 1. The average Bonchev–Trinajstić information content (AvgIpc) is 3.52. The van der Waals surface area contributed by atoms with E-state index < -0.39 is 17.7 Å². The van der Waals surface area contributed by atoms with Gasteiger partial charge in [0.05, 0.1) is 18.7 Å². The second-order valence-electron chi connectivity index (χ2n) is 14.8. The molecule has 0 spiro atoms. The van der Waals surface area contributed by atoms with E-state index in [-0.39, 0.29) is 29.6 Å². The quantitative estimate of drug-likeness (QED) is 0.361. The maximum Gasteiger partial charge on any atom is 0.407 e. The molecule has 0 radical (unpaired) electrons. The van der Waals surface area contributed by atoms with E-state index in [4.69, 9.17) is 4.74 Å². The number of carbonyl (C=O) groups is 2. The second kappa shape index (κ2) is 15.0. The zero-order valence-electron chi connectivity index (χ0n) is 29.0. The molecular weight excluding hydrogens is 626 g/mol. The van der Waals surface area contributed by atoms with Crippen LogP contribution in [0.25, 0.3) is 0 Å². The second-order valence-corrected chi connectivity index (χ2v) is 14.8. The monoisotopic (exact) mass is 676 g/mol. The van der Waals surface area contributed by atoms with Gasteiger partial charge in [-0.1, -0.05) is 18.6 Å². The Morgan fingerprint density at radius 2 is 1.82 bits per heavy atom. The Balaban J connectivity index is 1.14. The van der Waals surface area contributed by atoms with Crippen LogP contribution in [0.5, 0.6) is 0 Å². The number of anilines is 1. The Morgan fingerprint density at radius 3 is 2.47 bits per heavy atom. The number of alkyl carbamates (subject to hydrolysis) is 1. The summed E-state index contributed by atoms with van der Waals surface area (Å²) in [7, 11) is 3.20. The van der Waals surface area contributed by atoms with Crippen molar-refractivity contribution in [2.45, 2.75) is 63.2 Å². The highest BCUT2D eigenvalue weighted by molar-refractivity contribution is 5.73. The first-order valence-electron chi connectivity index (χ1n) is 17.8. The van der Waals surface area contributed by atoms with Gasteiger partial charge >= 0.3 is 6.09 Å². The van der Waals surface area contributed by atoms with Gasteiger partial charge in [-0.05, 0) is 92.1 Å². The van der Waals surface area contributed by atoms with Crippen LogP contribution in [0.3, 0.4) is 0 Å². The predicted molar refractivity (Wildman–Crippen MR) is 184 cm³/mol. The zero-order chi connectivity index (χ0) is 34.7. The predicted octanol–water partition coefficient (Wildman–Crippen LogP) is 4.94. The van der Waals surface area contributed by atoms with Gasteiger partial charge in [0.15, 0.2) is 0 Å². The van der Waals surface area contributed by atoms with Gasteiger partial charge in [0.25, 0.3) is 0 Å². The van der Waals surface area contributed by atoms with E-state index in [9.17, 15) is 23.6 Å². The van der Waals surface area contributed by atoms with Crippen molar-refractivity contribution in [1.82, 2.24) is 20.0 Å². The highest BCUT2D eigenvalue weighted by Gasteiger charge is 2.53. The number of likely N-dealkylation sites (tertiary alicyclic amines) is 2. The maximum absolute atomic E-state index is 15.0. The van der Waals surface area contributed by atoms with Gasteiger partial charge in [-0.15, -0.1) is 0 Å². The summed E-state index contributed by atoms with van der Waals surface area (Å²) < 4.78 is 33.3. The third kappa shape index (κ3) is 7.56. The van der Waals surface area contributed by atoms with Crippen molar-refractivity contribution in [1.29, 1.82) is 5.26 Å². The van der Waals surface area contributed by atoms with Gasteiger partial charge in [0.2, 0.25) is 5.91 Å². The summed E-state index contributed by atoms with van der Waals surface area (Å²) in [5.41, 5.74) is 3.08. The van der Waals surface area contributed by atoms with Gasteiger partial charge < -0.3 is 24.8 Å². The largest absolute Gasteiger partial charge is 0.453 e. The number of halogens is 2. The summed E-state index contributed by atoms with van der Waals surface area (Å²) in [5, 5.41) is 12.7. The van der Waals surface area contributed by atoms with Gasteiger partial charge in [0.1, 0.15) is 12.0 Å². The lowest BCUT2D eigenvalue weighted by atomic mass is 9.58. The lowest BCUT2D eigenvalue weighted by Gasteiger charge is -2.52. The van der Waals surface area contributed by atoms with Crippen LogP contribution in [-0.4, -0.2) is 105 Å². The minimum Gasteiger partial charge on any atom is -0.453 e. The van der Waals surface area contributed by atoms with Crippen molar-refractivity contribution in [3.63, 3.8) is 0 Å². The summed E-state index contributed by atoms with van der Waals surface area (Å²) in [6, 6.07) is 15.1. The van der Waals surface area contributed by atoms with E-state index in [1.54, 1.807) is 24.0 Å². The Hall–Kier alpha value is -3.75. The third-order valence-electron chi connectivity index (χ3n) is 11.7. The fraction of sp³-hybridized carbons (Fsp3) is 0.605. The molecule has 3 atom stereocenters. The summed E-state index contributed by atoms with van der Waals surface area (Å²) in [6.07, 6.45) is 3.23. The molecule has 2 aromatic rings. The zero-order valence-corrected chi connectivity index (χ0v) is 29.0. The van der Waals surface area contributed by atoms with E-state index >= 15 is 0 Å². The van der Waals surface area contributed by atoms with Crippen molar-refractivity contribution in [3.8, 4) is 6.07 Å². The average molecular weight is 677 g/mol. The first-order valence-corrected chi connectivity index (χ1v) is 17.8. The molecule has 4 aliphatic rings. The van der Waals surface area contributed by atoms with E-state index in [0.717, 1.165) is 81.6 Å². The third-order valence-corrected chi connectivity index (χ3v) is 11.7. The molecule has 2 amide bonds. The van der Waals surface area contributed by atoms with Crippen molar-refractivity contribution in [2.75, 3.05) is 71.4 Å². The lowest BCUT2D eigenvalue weighted by Crippen LogP contribution is -2.58. The lowest BCUT2D eigenvalue weighted by molar-refractivity contribution is -0.129. The van der Waals surface area contributed by atoms with Crippen LogP contribution in [0, 0.1) is 34.9 Å². The number of piperidine rings is 1. The van der Waals surface area contributed by atoms with Crippen LogP contribution in [0.2, 0.25) is 0 Å². The number of hydrogen-bond acceptors (Lipinski definition) is 7. The number of likely N-dealkylation sites (N-methyl/N-ethyl adjacent to an activating group) is 1. The maximum atomic E-state index is 15.0. The molecule has 3 saturated heterocycles. The van der Waals surface area contributed by atoms with Crippen LogP contribution in [0.1, 0.15) is 55.7 Å². The number of amides is 2. The molecule has 3 heterocycles. The first kappa shape index (κ1) is 35.1. The smallest absolute Gasteiger partial charge is 0.407 e. The van der Waals surface area contributed by atoms with Crippen LogP contribution in [-0.2, 0) is 21.5 Å². The highest BCUT2D eigenvalue weighted by atomic mass is 19.1. The van der Waals surface area contributed by atoms with Crippen molar-refractivity contribution >= 4 is 17.7 Å². The molecule has 11 heteroatoms. The molecule has 0 bridgehead atoms. The highest BCUT2D eigenvalue weighted by Crippen LogP contribution is 2.51. The van der Waals surface area contributed by atoms with E-state index in [1.165, 1.54) is 13.2 Å². The number of hydrogen-bond donors (Lipinski definition) is 1. The van der Waals surface area contributed by atoms with Gasteiger partial charge in [0, 0.05) is 82.8 Å². The van der Waals surface area contributed by atoms with Crippen molar-refractivity contribution in [3.05, 3.63) is 65.0 Å². The Bertz CT molecular complexity index is 1530.